The lowest BCUT2D eigenvalue weighted by atomic mass is 9.68. The van der Waals surface area contributed by atoms with Crippen molar-refractivity contribution in [3.8, 4) is 44.8 Å². The zero-order valence-electron chi connectivity index (χ0n) is 34.5. The van der Waals surface area contributed by atoms with E-state index in [0.717, 1.165) is 11.4 Å². The molecule has 1 aliphatic carbocycles. The standard InChI is InChI=1S/C61H40N2/c1-4-16-41(17-5-1)42-29-36-58-53(38-42)54-39-43(44-28-35-52-51-24-12-15-27-57(51)63(60(52)40-44)47-20-8-3-9-21-47)30-37-59(54)62(58)48-33-31-46(32-34-48)61(45-18-6-2-7-19-45)55-25-13-10-22-49(55)50-23-11-14-26-56(50)61/h1-40H. The van der Waals surface area contributed by atoms with E-state index in [2.05, 4.69) is 252 Å². The normalized spacial score (nSPS) is 12.9. The fraction of sp³-hybridized carbons (Fsp3) is 0.0164. The van der Waals surface area contributed by atoms with Crippen LogP contribution >= 0.6 is 0 Å². The molecule has 13 rings (SSSR count). The van der Waals surface area contributed by atoms with Crippen molar-refractivity contribution < 1.29 is 0 Å². The molecule has 0 aliphatic heterocycles. The maximum absolute atomic E-state index is 2.45. The van der Waals surface area contributed by atoms with E-state index in [4.69, 9.17) is 0 Å². The zero-order chi connectivity index (χ0) is 41.5. The summed E-state index contributed by atoms with van der Waals surface area (Å²) in [5.41, 5.74) is 19.2. The molecule has 0 fully saturated rings. The third-order valence-corrected chi connectivity index (χ3v) is 13.6. The van der Waals surface area contributed by atoms with Gasteiger partial charge in [-0.2, -0.15) is 0 Å². The molecule has 1 aliphatic rings. The number of aromatic nitrogens is 2. The second-order valence-corrected chi connectivity index (χ2v) is 16.8. The van der Waals surface area contributed by atoms with Gasteiger partial charge in [0.1, 0.15) is 0 Å². The van der Waals surface area contributed by atoms with Crippen molar-refractivity contribution in [3.05, 3.63) is 265 Å². The minimum Gasteiger partial charge on any atom is -0.309 e. The Hall–Kier alpha value is -8.20. The Labute approximate surface area is 366 Å². The summed E-state index contributed by atoms with van der Waals surface area (Å²) in [4.78, 5) is 0. The number of nitrogens with zero attached hydrogens (tertiary/aromatic N) is 2. The van der Waals surface area contributed by atoms with Gasteiger partial charge in [0.15, 0.2) is 0 Å². The predicted molar refractivity (Wildman–Crippen MR) is 263 cm³/mol. The highest BCUT2D eigenvalue weighted by Crippen LogP contribution is 2.56. The van der Waals surface area contributed by atoms with Crippen LogP contribution in [0, 0.1) is 0 Å². The van der Waals surface area contributed by atoms with Gasteiger partial charge in [-0.25, -0.2) is 0 Å². The highest BCUT2D eigenvalue weighted by molar-refractivity contribution is 6.13. The highest BCUT2D eigenvalue weighted by Gasteiger charge is 2.45. The van der Waals surface area contributed by atoms with Gasteiger partial charge >= 0.3 is 0 Å². The lowest BCUT2D eigenvalue weighted by Crippen LogP contribution is -2.28. The van der Waals surface area contributed by atoms with Gasteiger partial charge in [0, 0.05) is 32.9 Å². The van der Waals surface area contributed by atoms with E-state index in [1.165, 1.54) is 99.2 Å². The lowest BCUT2D eigenvalue weighted by Gasteiger charge is -2.34. The molecule has 0 saturated carbocycles. The quantitative estimate of drug-likeness (QED) is 0.159. The summed E-state index contributed by atoms with van der Waals surface area (Å²) in [5, 5.41) is 4.98. The maximum Gasteiger partial charge on any atom is 0.0713 e. The molecule has 0 N–H and O–H groups in total. The van der Waals surface area contributed by atoms with Crippen molar-refractivity contribution in [2.45, 2.75) is 5.41 Å². The first-order chi connectivity index (χ1) is 31.3. The van der Waals surface area contributed by atoms with E-state index in [0.29, 0.717) is 0 Å². The predicted octanol–water partition coefficient (Wildman–Crippen LogP) is 15.6. The zero-order valence-corrected chi connectivity index (χ0v) is 34.5. The number of rotatable bonds is 6. The molecule has 2 heteroatoms. The Morgan fingerprint density at radius 3 is 1.37 bits per heavy atom. The van der Waals surface area contributed by atoms with Crippen LogP contribution < -0.4 is 0 Å². The van der Waals surface area contributed by atoms with E-state index in [1.807, 2.05) is 0 Å². The van der Waals surface area contributed by atoms with Crippen molar-refractivity contribution >= 4 is 43.6 Å². The fourth-order valence-electron chi connectivity index (χ4n) is 10.9. The van der Waals surface area contributed by atoms with Crippen LogP contribution in [0.2, 0.25) is 0 Å². The smallest absolute Gasteiger partial charge is 0.0713 e. The van der Waals surface area contributed by atoms with Gasteiger partial charge < -0.3 is 9.13 Å². The molecule has 0 saturated heterocycles. The Bertz CT molecular complexity index is 3660. The summed E-state index contributed by atoms with van der Waals surface area (Å²) >= 11 is 0. The third kappa shape index (κ3) is 5.25. The number of para-hydroxylation sites is 2. The molecule has 0 spiro atoms. The van der Waals surface area contributed by atoms with E-state index in [1.54, 1.807) is 0 Å². The van der Waals surface area contributed by atoms with E-state index >= 15 is 0 Å². The summed E-state index contributed by atoms with van der Waals surface area (Å²) in [6.45, 7) is 0. The number of benzene rings is 10. The molecule has 2 aromatic heterocycles. The van der Waals surface area contributed by atoms with Crippen LogP contribution in [0.1, 0.15) is 22.3 Å². The Morgan fingerprint density at radius 2 is 0.698 bits per heavy atom. The average molecular weight is 801 g/mol. The SMILES string of the molecule is c1ccc(-c2ccc3c(c2)c2cc(-c4ccc5c6ccccc6n(-c6ccccc6)c5c4)ccc2n3-c2ccc(C3(c4ccccc4)c4ccccc4-c4ccccc43)cc2)cc1. The first-order valence-electron chi connectivity index (χ1n) is 21.8. The van der Waals surface area contributed by atoms with Crippen LogP contribution in [0.5, 0.6) is 0 Å². The van der Waals surface area contributed by atoms with Crippen LogP contribution in [0.15, 0.2) is 243 Å². The molecule has 12 aromatic rings. The molecule has 63 heavy (non-hydrogen) atoms. The van der Waals surface area contributed by atoms with Crippen LogP contribution in [0.3, 0.4) is 0 Å². The topological polar surface area (TPSA) is 9.86 Å². The van der Waals surface area contributed by atoms with Crippen LogP contribution in [0.25, 0.3) is 88.4 Å². The molecule has 0 amide bonds. The molecule has 10 aromatic carbocycles. The summed E-state index contributed by atoms with van der Waals surface area (Å²) < 4.78 is 4.86. The molecule has 2 nitrogen and oxygen atoms in total. The first-order valence-corrected chi connectivity index (χ1v) is 21.8. The third-order valence-electron chi connectivity index (χ3n) is 13.6. The maximum atomic E-state index is 2.45. The van der Waals surface area contributed by atoms with Gasteiger partial charge in [0.05, 0.1) is 27.5 Å². The summed E-state index contributed by atoms with van der Waals surface area (Å²) in [7, 11) is 0. The molecular formula is C61H40N2. The molecular weight excluding hydrogens is 761 g/mol. The van der Waals surface area contributed by atoms with Gasteiger partial charge in [-0.05, 0) is 116 Å². The van der Waals surface area contributed by atoms with Crippen LogP contribution in [-0.2, 0) is 5.41 Å². The summed E-state index contributed by atoms with van der Waals surface area (Å²) in [6.07, 6.45) is 0. The van der Waals surface area contributed by atoms with Gasteiger partial charge in [-0.3, -0.25) is 0 Å². The Kier molecular flexibility index (Phi) is 7.85. The van der Waals surface area contributed by atoms with E-state index < -0.39 is 5.41 Å². The van der Waals surface area contributed by atoms with Gasteiger partial charge in [0.25, 0.3) is 0 Å². The van der Waals surface area contributed by atoms with Crippen molar-refractivity contribution in [2.24, 2.45) is 0 Å². The van der Waals surface area contributed by atoms with Crippen molar-refractivity contribution in [2.75, 3.05) is 0 Å². The largest absolute Gasteiger partial charge is 0.309 e. The highest BCUT2D eigenvalue weighted by atomic mass is 15.0. The lowest BCUT2D eigenvalue weighted by molar-refractivity contribution is 0.768. The molecule has 0 radical (unpaired) electrons. The monoisotopic (exact) mass is 800 g/mol. The molecule has 2 heterocycles. The van der Waals surface area contributed by atoms with Crippen molar-refractivity contribution in [1.82, 2.24) is 9.13 Å². The minimum atomic E-state index is -0.444. The number of hydrogen-bond acceptors (Lipinski definition) is 0. The second kappa shape index (κ2) is 13.9. The molecule has 0 unspecified atom stereocenters. The number of hydrogen-bond donors (Lipinski definition) is 0. The molecule has 294 valence electrons. The van der Waals surface area contributed by atoms with Crippen LogP contribution in [-0.4, -0.2) is 9.13 Å². The molecule has 0 atom stereocenters. The van der Waals surface area contributed by atoms with E-state index in [-0.39, 0.29) is 0 Å². The van der Waals surface area contributed by atoms with Crippen molar-refractivity contribution in [3.63, 3.8) is 0 Å². The number of fused-ring (bicyclic) bond motifs is 9. The Morgan fingerprint density at radius 1 is 0.254 bits per heavy atom. The second-order valence-electron chi connectivity index (χ2n) is 16.8. The molecule has 0 bridgehead atoms. The van der Waals surface area contributed by atoms with Gasteiger partial charge in [-0.15, -0.1) is 0 Å². The summed E-state index contributed by atoms with van der Waals surface area (Å²) in [5.74, 6) is 0. The fourth-order valence-corrected chi connectivity index (χ4v) is 10.9. The van der Waals surface area contributed by atoms with E-state index in [9.17, 15) is 0 Å². The minimum absolute atomic E-state index is 0.444. The van der Waals surface area contributed by atoms with Crippen LogP contribution in [0.4, 0.5) is 0 Å². The van der Waals surface area contributed by atoms with Crippen molar-refractivity contribution in [1.29, 1.82) is 0 Å². The summed E-state index contributed by atoms with van der Waals surface area (Å²) in [6, 6.07) is 89.5. The van der Waals surface area contributed by atoms with Gasteiger partial charge in [0.2, 0.25) is 0 Å². The average Bonchev–Trinajstić information content (AvgIpc) is 3.98. The van der Waals surface area contributed by atoms with Gasteiger partial charge in [-0.1, -0.05) is 182 Å². The Balaban J connectivity index is 1.01. The first kappa shape index (κ1) is 35.5.